The van der Waals surface area contributed by atoms with Gasteiger partial charge < -0.3 is 10.1 Å². The number of hydrogen-bond donors (Lipinski definition) is 1. The fraction of sp³-hybridized carbons (Fsp3) is 0.571. The molecule has 1 unspecified atom stereocenters. The van der Waals surface area contributed by atoms with Gasteiger partial charge in [0, 0.05) is 23.7 Å². The third-order valence-electron chi connectivity index (χ3n) is 2.88. The van der Waals surface area contributed by atoms with Crippen LogP contribution < -0.4 is 5.32 Å². The van der Waals surface area contributed by atoms with Crippen molar-refractivity contribution >= 4 is 15.9 Å². The highest BCUT2D eigenvalue weighted by molar-refractivity contribution is 9.10. The summed E-state index contributed by atoms with van der Waals surface area (Å²) < 4.78 is 6.56. The quantitative estimate of drug-likeness (QED) is 0.743. The third-order valence-corrected chi connectivity index (χ3v) is 3.65. The molecule has 0 bridgehead atoms. The van der Waals surface area contributed by atoms with Crippen molar-refractivity contribution in [3.63, 3.8) is 0 Å². The van der Waals surface area contributed by atoms with Gasteiger partial charge in [-0.05, 0) is 44.9 Å². The van der Waals surface area contributed by atoms with Gasteiger partial charge in [0.15, 0.2) is 0 Å². The Labute approximate surface area is 113 Å². The Morgan fingerprint density at radius 1 is 1.35 bits per heavy atom. The normalized spacial score (nSPS) is 12.6. The molecule has 3 heteroatoms. The summed E-state index contributed by atoms with van der Waals surface area (Å²) in [4.78, 5) is 0. The SMILES string of the molecule is CCOCCCC(Cc1ccccc1Br)NC. The molecule has 0 aliphatic carbocycles. The summed E-state index contributed by atoms with van der Waals surface area (Å²) in [6, 6.07) is 8.94. The lowest BCUT2D eigenvalue weighted by Crippen LogP contribution is -2.28. The monoisotopic (exact) mass is 299 g/mol. The van der Waals surface area contributed by atoms with E-state index >= 15 is 0 Å². The molecule has 1 atom stereocenters. The first-order chi connectivity index (χ1) is 8.27. The second-order valence-corrected chi connectivity index (χ2v) is 4.97. The van der Waals surface area contributed by atoms with Crippen LogP contribution in [0.3, 0.4) is 0 Å². The van der Waals surface area contributed by atoms with Crippen molar-refractivity contribution in [3.8, 4) is 0 Å². The van der Waals surface area contributed by atoms with E-state index in [9.17, 15) is 0 Å². The van der Waals surface area contributed by atoms with Crippen LogP contribution in [0.5, 0.6) is 0 Å². The molecule has 1 aromatic carbocycles. The van der Waals surface area contributed by atoms with Gasteiger partial charge in [-0.1, -0.05) is 34.1 Å². The van der Waals surface area contributed by atoms with Gasteiger partial charge in [-0.2, -0.15) is 0 Å². The van der Waals surface area contributed by atoms with E-state index in [1.165, 1.54) is 10.0 Å². The average molecular weight is 300 g/mol. The van der Waals surface area contributed by atoms with Crippen LogP contribution in [-0.4, -0.2) is 26.3 Å². The number of ether oxygens (including phenoxy) is 1. The van der Waals surface area contributed by atoms with Crippen LogP contribution in [0.25, 0.3) is 0 Å². The van der Waals surface area contributed by atoms with Crippen molar-refractivity contribution < 1.29 is 4.74 Å². The fourth-order valence-electron chi connectivity index (χ4n) is 1.85. The number of likely N-dealkylation sites (N-methyl/N-ethyl adjacent to an activating group) is 1. The van der Waals surface area contributed by atoms with Crippen LogP contribution in [0, 0.1) is 0 Å². The fourth-order valence-corrected chi connectivity index (χ4v) is 2.30. The molecule has 96 valence electrons. The number of benzene rings is 1. The molecular formula is C14H22BrNO. The zero-order valence-electron chi connectivity index (χ0n) is 10.7. The zero-order valence-corrected chi connectivity index (χ0v) is 12.3. The summed E-state index contributed by atoms with van der Waals surface area (Å²) in [5.74, 6) is 0. The van der Waals surface area contributed by atoms with Crippen LogP contribution in [0.4, 0.5) is 0 Å². The van der Waals surface area contributed by atoms with E-state index in [4.69, 9.17) is 4.74 Å². The molecule has 0 aromatic heterocycles. The van der Waals surface area contributed by atoms with Crippen LogP contribution in [0.1, 0.15) is 25.3 Å². The lowest BCUT2D eigenvalue weighted by Gasteiger charge is -2.17. The molecule has 0 saturated heterocycles. The highest BCUT2D eigenvalue weighted by atomic mass is 79.9. The predicted octanol–water partition coefficient (Wildman–Crippen LogP) is 3.40. The molecule has 0 spiro atoms. The van der Waals surface area contributed by atoms with Gasteiger partial charge in [-0.3, -0.25) is 0 Å². The number of hydrogen-bond acceptors (Lipinski definition) is 2. The molecule has 1 N–H and O–H groups in total. The summed E-state index contributed by atoms with van der Waals surface area (Å²) in [7, 11) is 2.03. The third kappa shape index (κ3) is 5.66. The zero-order chi connectivity index (χ0) is 12.5. The highest BCUT2D eigenvalue weighted by Crippen LogP contribution is 2.18. The summed E-state index contributed by atoms with van der Waals surface area (Å²) in [5.41, 5.74) is 1.36. The van der Waals surface area contributed by atoms with Gasteiger partial charge in [0.2, 0.25) is 0 Å². The Balaban J connectivity index is 2.38. The molecule has 0 aliphatic rings. The first-order valence-electron chi connectivity index (χ1n) is 6.26. The first kappa shape index (κ1) is 14.7. The van der Waals surface area contributed by atoms with E-state index in [1.807, 2.05) is 14.0 Å². The van der Waals surface area contributed by atoms with Crippen LogP contribution in [0.15, 0.2) is 28.7 Å². The van der Waals surface area contributed by atoms with Crippen LogP contribution in [0.2, 0.25) is 0 Å². The highest BCUT2D eigenvalue weighted by Gasteiger charge is 2.08. The molecule has 0 heterocycles. The van der Waals surface area contributed by atoms with Crippen molar-refractivity contribution in [2.75, 3.05) is 20.3 Å². The maximum Gasteiger partial charge on any atom is 0.0466 e. The second kappa shape index (κ2) is 8.67. The summed E-state index contributed by atoms with van der Waals surface area (Å²) >= 11 is 3.59. The van der Waals surface area contributed by atoms with Gasteiger partial charge in [0.05, 0.1) is 0 Å². The van der Waals surface area contributed by atoms with Crippen molar-refractivity contribution in [2.45, 2.75) is 32.2 Å². The summed E-state index contributed by atoms with van der Waals surface area (Å²) in [6.07, 6.45) is 3.33. The molecule has 17 heavy (non-hydrogen) atoms. The minimum Gasteiger partial charge on any atom is -0.382 e. The van der Waals surface area contributed by atoms with Gasteiger partial charge >= 0.3 is 0 Å². The number of nitrogens with one attached hydrogen (secondary N) is 1. The van der Waals surface area contributed by atoms with E-state index < -0.39 is 0 Å². The Morgan fingerprint density at radius 2 is 2.12 bits per heavy atom. The van der Waals surface area contributed by atoms with Gasteiger partial charge in [-0.25, -0.2) is 0 Å². The van der Waals surface area contributed by atoms with E-state index in [2.05, 4.69) is 45.5 Å². The predicted molar refractivity (Wildman–Crippen MR) is 76.4 cm³/mol. The van der Waals surface area contributed by atoms with Crippen molar-refractivity contribution in [3.05, 3.63) is 34.3 Å². The molecule has 1 aromatic rings. The van der Waals surface area contributed by atoms with Crippen molar-refractivity contribution in [1.82, 2.24) is 5.32 Å². The van der Waals surface area contributed by atoms with Crippen LogP contribution in [-0.2, 0) is 11.2 Å². The minimum atomic E-state index is 0.522. The Bertz CT molecular complexity index is 317. The molecule has 0 amide bonds. The lowest BCUT2D eigenvalue weighted by molar-refractivity contribution is 0.141. The largest absolute Gasteiger partial charge is 0.382 e. The van der Waals surface area contributed by atoms with E-state index in [-0.39, 0.29) is 0 Å². The van der Waals surface area contributed by atoms with E-state index in [0.29, 0.717) is 6.04 Å². The number of rotatable bonds is 8. The standard InChI is InChI=1S/C14H22BrNO/c1-3-17-10-6-8-13(16-2)11-12-7-4-5-9-14(12)15/h4-5,7,9,13,16H,3,6,8,10-11H2,1-2H3. The average Bonchev–Trinajstić information content (AvgIpc) is 2.35. The molecule has 0 fully saturated rings. The van der Waals surface area contributed by atoms with Gasteiger partial charge in [0.25, 0.3) is 0 Å². The smallest absolute Gasteiger partial charge is 0.0466 e. The summed E-state index contributed by atoms with van der Waals surface area (Å²) in [5, 5.41) is 3.38. The lowest BCUT2D eigenvalue weighted by atomic mass is 10.0. The minimum absolute atomic E-state index is 0.522. The van der Waals surface area contributed by atoms with Gasteiger partial charge in [0.1, 0.15) is 0 Å². The van der Waals surface area contributed by atoms with Crippen molar-refractivity contribution in [2.24, 2.45) is 0 Å². The molecule has 1 rings (SSSR count). The maximum atomic E-state index is 5.37. The first-order valence-corrected chi connectivity index (χ1v) is 7.05. The van der Waals surface area contributed by atoms with E-state index in [0.717, 1.165) is 32.5 Å². The Morgan fingerprint density at radius 3 is 2.76 bits per heavy atom. The molecule has 0 radical (unpaired) electrons. The number of halogens is 1. The molecule has 0 aliphatic heterocycles. The molecule has 0 saturated carbocycles. The van der Waals surface area contributed by atoms with E-state index in [1.54, 1.807) is 0 Å². The van der Waals surface area contributed by atoms with Gasteiger partial charge in [-0.15, -0.1) is 0 Å². The molecular weight excluding hydrogens is 278 g/mol. The van der Waals surface area contributed by atoms with Crippen molar-refractivity contribution in [1.29, 1.82) is 0 Å². The Hall–Kier alpha value is -0.380. The Kier molecular flexibility index (Phi) is 7.49. The van der Waals surface area contributed by atoms with Crippen LogP contribution >= 0.6 is 15.9 Å². The molecule has 2 nitrogen and oxygen atoms in total. The maximum absolute atomic E-state index is 5.37. The second-order valence-electron chi connectivity index (χ2n) is 4.12. The topological polar surface area (TPSA) is 21.3 Å². The summed E-state index contributed by atoms with van der Waals surface area (Å²) in [6.45, 7) is 3.72.